The minimum Gasteiger partial charge on any atom is -0.445 e. The Balaban J connectivity index is 1.76. The SMILES string of the molecule is O=C(NCCC=Cc1cc(F)c([N+](=O)[O-])cc1Cl)OCc1ccccc1. The van der Waals surface area contributed by atoms with Crippen molar-refractivity contribution in [1.82, 2.24) is 5.32 Å². The van der Waals surface area contributed by atoms with E-state index < -0.39 is 22.5 Å². The standard InChI is InChI=1S/C18H16ClFN2O4/c19-15-11-17(22(24)25)16(20)10-14(15)8-4-5-9-21-18(23)26-12-13-6-2-1-3-7-13/h1-4,6-8,10-11H,5,9,12H2,(H,21,23). The number of hydrogen-bond donors (Lipinski definition) is 1. The molecular weight excluding hydrogens is 363 g/mol. The van der Waals surface area contributed by atoms with Gasteiger partial charge in [0.05, 0.1) is 9.95 Å². The van der Waals surface area contributed by atoms with Crippen LogP contribution in [0.1, 0.15) is 17.5 Å². The van der Waals surface area contributed by atoms with Crippen LogP contribution in [0.25, 0.3) is 6.08 Å². The van der Waals surface area contributed by atoms with Gasteiger partial charge in [-0.25, -0.2) is 4.79 Å². The number of halogens is 2. The zero-order chi connectivity index (χ0) is 18.9. The van der Waals surface area contributed by atoms with E-state index in [1.54, 1.807) is 6.08 Å². The lowest BCUT2D eigenvalue weighted by Crippen LogP contribution is -2.24. The Morgan fingerprint density at radius 1 is 1.31 bits per heavy atom. The van der Waals surface area contributed by atoms with E-state index in [1.807, 2.05) is 30.3 Å². The van der Waals surface area contributed by atoms with E-state index in [-0.39, 0.29) is 11.6 Å². The van der Waals surface area contributed by atoms with Gasteiger partial charge in [0.15, 0.2) is 0 Å². The molecule has 0 heterocycles. The van der Waals surface area contributed by atoms with Gasteiger partial charge in [0.2, 0.25) is 5.82 Å². The lowest BCUT2D eigenvalue weighted by atomic mass is 10.1. The Morgan fingerprint density at radius 2 is 2.04 bits per heavy atom. The number of alkyl carbamates (subject to hydrolysis) is 1. The monoisotopic (exact) mass is 378 g/mol. The summed E-state index contributed by atoms with van der Waals surface area (Å²) < 4.78 is 18.6. The van der Waals surface area contributed by atoms with Crippen molar-refractivity contribution in [1.29, 1.82) is 0 Å². The maximum absolute atomic E-state index is 13.6. The number of amides is 1. The normalized spacial score (nSPS) is 10.7. The summed E-state index contributed by atoms with van der Waals surface area (Å²) >= 11 is 5.90. The first-order valence-electron chi connectivity index (χ1n) is 7.72. The molecule has 0 radical (unpaired) electrons. The molecule has 136 valence electrons. The number of carbonyl (C=O) groups excluding carboxylic acids is 1. The smallest absolute Gasteiger partial charge is 0.407 e. The first-order chi connectivity index (χ1) is 12.5. The van der Waals surface area contributed by atoms with Gasteiger partial charge in [0, 0.05) is 12.6 Å². The van der Waals surface area contributed by atoms with Crippen molar-refractivity contribution in [3.8, 4) is 0 Å². The topological polar surface area (TPSA) is 81.5 Å². The van der Waals surface area contributed by atoms with Crippen LogP contribution in [0.3, 0.4) is 0 Å². The highest BCUT2D eigenvalue weighted by atomic mass is 35.5. The third-order valence-electron chi connectivity index (χ3n) is 3.35. The maximum atomic E-state index is 13.6. The number of rotatable bonds is 7. The van der Waals surface area contributed by atoms with E-state index in [2.05, 4.69) is 5.32 Å². The number of ether oxygens (including phenoxy) is 1. The molecule has 0 aliphatic heterocycles. The predicted octanol–water partition coefficient (Wildman–Crippen LogP) is 4.72. The van der Waals surface area contributed by atoms with Crippen LogP contribution in [0.2, 0.25) is 5.02 Å². The number of hydrogen-bond acceptors (Lipinski definition) is 4. The zero-order valence-corrected chi connectivity index (χ0v) is 14.4. The average Bonchev–Trinajstić information content (AvgIpc) is 2.62. The van der Waals surface area contributed by atoms with E-state index in [4.69, 9.17) is 16.3 Å². The fourth-order valence-electron chi connectivity index (χ4n) is 2.06. The second-order valence-corrected chi connectivity index (χ2v) is 5.67. The molecule has 0 spiro atoms. The first kappa shape index (κ1) is 19.4. The average molecular weight is 379 g/mol. The van der Waals surface area contributed by atoms with Crippen molar-refractivity contribution < 1.29 is 18.8 Å². The lowest BCUT2D eigenvalue weighted by molar-refractivity contribution is -0.387. The molecule has 8 heteroatoms. The van der Waals surface area contributed by atoms with E-state index in [0.29, 0.717) is 18.5 Å². The number of carbonyl (C=O) groups is 1. The molecule has 0 saturated carbocycles. The third-order valence-corrected chi connectivity index (χ3v) is 3.68. The molecule has 0 fully saturated rings. The largest absolute Gasteiger partial charge is 0.445 e. The number of nitro groups is 1. The Hall–Kier alpha value is -2.93. The molecule has 0 saturated heterocycles. The van der Waals surface area contributed by atoms with Crippen molar-refractivity contribution in [2.24, 2.45) is 0 Å². The van der Waals surface area contributed by atoms with Crippen molar-refractivity contribution >= 4 is 29.5 Å². The van der Waals surface area contributed by atoms with Crippen LogP contribution in [0.4, 0.5) is 14.9 Å². The maximum Gasteiger partial charge on any atom is 0.407 e. The van der Waals surface area contributed by atoms with Crippen molar-refractivity contribution in [2.45, 2.75) is 13.0 Å². The van der Waals surface area contributed by atoms with Gasteiger partial charge in [-0.3, -0.25) is 10.1 Å². The molecule has 1 N–H and O–H groups in total. The molecule has 0 unspecified atom stereocenters. The van der Waals surface area contributed by atoms with E-state index >= 15 is 0 Å². The third kappa shape index (κ3) is 5.86. The summed E-state index contributed by atoms with van der Waals surface area (Å²) in [6, 6.07) is 11.3. The van der Waals surface area contributed by atoms with Crippen LogP contribution in [-0.2, 0) is 11.3 Å². The summed E-state index contributed by atoms with van der Waals surface area (Å²) in [5, 5.41) is 13.3. The minimum absolute atomic E-state index is 0.0737. The van der Waals surface area contributed by atoms with E-state index in [1.165, 1.54) is 6.08 Å². The van der Waals surface area contributed by atoms with Gasteiger partial charge in [-0.05, 0) is 23.6 Å². The van der Waals surface area contributed by atoms with Crippen molar-refractivity contribution in [3.05, 3.63) is 80.6 Å². The van der Waals surface area contributed by atoms with Gasteiger partial charge < -0.3 is 10.1 Å². The van der Waals surface area contributed by atoms with Gasteiger partial charge in [-0.15, -0.1) is 0 Å². The summed E-state index contributed by atoms with van der Waals surface area (Å²) in [6.07, 6.45) is 3.12. The summed E-state index contributed by atoms with van der Waals surface area (Å²) in [7, 11) is 0. The second-order valence-electron chi connectivity index (χ2n) is 5.26. The molecule has 2 aromatic rings. The number of nitro benzene ring substituents is 1. The summed E-state index contributed by atoms with van der Waals surface area (Å²) in [4.78, 5) is 21.4. The molecule has 2 aromatic carbocycles. The summed E-state index contributed by atoms with van der Waals surface area (Å²) in [5.74, 6) is -0.957. The lowest BCUT2D eigenvalue weighted by Gasteiger charge is -2.06. The summed E-state index contributed by atoms with van der Waals surface area (Å²) in [6.45, 7) is 0.497. The van der Waals surface area contributed by atoms with Gasteiger partial charge >= 0.3 is 11.8 Å². The zero-order valence-electron chi connectivity index (χ0n) is 13.7. The van der Waals surface area contributed by atoms with Crippen LogP contribution in [-0.4, -0.2) is 17.6 Å². The fourth-order valence-corrected chi connectivity index (χ4v) is 2.28. The molecule has 0 bridgehead atoms. The molecule has 2 rings (SSSR count). The Kier molecular flexibility index (Phi) is 7.11. The Labute approximate surface area is 154 Å². The Morgan fingerprint density at radius 3 is 2.73 bits per heavy atom. The van der Waals surface area contributed by atoms with Crippen molar-refractivity contribution in [2.75, 3.05) is 6.54 Å². The molecule has 0 aromatic heterocycles. The molecule has 1 amide bonds. The second kappa shape index (κ2) is 9.53. The van der Waals surface area contributed by atoms with Crippen LogP contribution in [0.15, 0.2) is 48.5 Å². The van der Waals surface area contributed by atoms with Crippen LogP contribution in [0.5, 0.6) is 0 Å². The summed E-state index contributed by atoms with van der Waals surface area (Å²) in [5.41, 5.74) is 0.536. The van der Waals surface area contributed by atoms with E-state index in [0.717, 1.165) is 17.7 Å². The van der Waals surface area contributed by atoms with Gasteiger partial charge in [0.25, 0.3) is 0 Å². The highest BCUT2D eigenvalue weighted by Gasteiger charge is 2.16. The van der Waals surface area contributed by atoms with Crippen molar-refractivity contribution in [3.63, 3.8) is 0 Å². The fraction of sp³-hybridized carbons (Fsp3) is 0.167. The Bertz CT molecular complexity index is 812. The molecule has 0 atom stereocenters. The number of benzene rings is 2. The quantitative estimate of drug-likeness (QED) is 0.429. The first-order valence-corrected chi connectivity index (χ1v) is 8.09. The number of nitrogens with zero attached hydrogens (tertiary/aromatic N) is 1. The predicted molar refractivity (Wildman–Crippen MR) is 96.3 cm³/mol. The number of nitrogens with one attached hydrogen (secondary N) is 1. The van der Waals surface area contributed by atoms with Crippen LogP contribution >= 0.6 is 11.6 Å². The molecule has 6 nitrogen and oxygen atoms in total. The highest BCUT2D eigenvalue weighted by Crippen LogP contribution is 2.26. The minimum atomic E-state index is -0.957. The van der Waals surface area contributed by atoms with Gasteiger partial charge in [0.1, 0.15) is 6.61 Å². The molecule has 0 aliphatic carbocycles. The van der Waals surface area contributed by atoms with Crippen LogP contribution < -0.4 is 5.32 Å². The molecular formula is C18H16ClFN2O4. The van der Waals surface area contributed by atoms with E-state index in [9.17, 15) is 19.3 Å². The van der Waals surface area contributed by atoms with Crippen LogP contribution in [0, 0.1) is 15.9 Å². The molecule has 26 heavy (non-hydrogen) atoms. The highest BCUT2D eigenvalue weighted by molar-refractivity contribution is 6.32. The van der Waals surface area contributed by atoms with Gasteiger partial charge in [-0.1, -0.05) is 54.1 Å². The van der Waals surface area contributed by atoms with Gasteiger partial charge in [-0.2, -0.15) is 4.39 Å². The molecule has 0 aliphatic rings.